The van der Waals surface area contributed by atoms with E-state index in [4.69, 9.17) is 14.6 Å². The third-order valence-corrected chi connectivity index (χ3v) is 3.76. The van der Waals surface area contributed by atoms with E-state index in [-0.39, 0.29) is 0 Å². The number of aliphatic hydroxyl groups is 5. The van der Waals surface area contributed by atoms with Crippen molar-refractivity contribution in [2.45, 2.75) is 69.1 Å². The Labute approximate surface area is 136 Å². The molecule has 7 heteroatoms. The van der Waals surface area contributed by atoms with Gasteiger partial charge in [-0.25, -0.2) is 0 Å². The standard InChI is InChI=1S/C16H28O7/c1-5-16(4,21)8-6-7-15(2,3)23-14-13(20)12(19)11(18)10(9-17)22-14/h5-7,10-14,17-21H,1,8-9H2,2-4H3. The molecule has 0 saturated carbocycles. The summed E-state index contributed by atoms with van der Waals surface area (Å²) in [6.45, 7) is 8.08. The first-order valence-electron chi connectivity index (χ1n) is 7.55. The van der Waals surface area contributed by atoms with Crippen molar-refractivity contribution in [1.29, 1.82) is 0 Å². The van der Waals surface area contributed by atoms with Crippen molar-refractivity contribution in [1.82, 2.24) is 0 Å². The Morgan fingerprint density at radius 3 is 2.26 bits per heavy atom. The monoisotopic (exact) mass is 332 g/mol. The van der Waals surface area contributed by atoms with Gasteiger partial charge in [0.05, 0.1) is 17.8 Å². The average Bonchev–Trinajstić information content (AvgIpc) is 2.47. The van der Waals surface area contributed by atoms with Crippen LogP contribution >= 0.6 is 0 Å². The molecule has 1 saturated heterocycles. The Morgan fingerprint density at radius 1 is 1.13 bits per heavy atom. The molecule has 0 aromatic carbocycles. The lowest BCUT2D eigenvalue weighted by molar-refractivity contribution is -0.317. The number of aliphatic hydroxyl groups excluding tert-OH is 4. The Kier molecular flexibility index (Phi) is 6.91. The largest absolute Gasteiger partial charge is 0.394 e. The van der Waals surface area contributed by atoms with Gasteiger partial charge in [-0.2, -0.15) is 0 Å². The van der Waals surface area contributed by atoms with E-state index in [1.165, 1.54) is 6.08 Å². The third-order valence-electron chi connectivity index (χ3n) is 3.76. The van der Waals surface area contributed by atoms with E-state index in [1.807, 2.05) is 0 Å². The van der Waals surface area contributed by atoms with Crippen LogP contribution in [0.2, 0.25) is 0 Å². The van der Waals surface area contributed by atoms with Crippen LogP contribution in [0.5, 0.6) is 0 Å². The maximum atomic E-state index is 9.96. The molecule has 1 fully saturated rings. The minimum atomic E-state index is -1.48. The highest BCUT2D eigenvalue weighted by Gasteiger charge is 2.45. The molecule has 0 aromatic rings. The van der Waals surface area contributed by atoms with Crippen LogP contribution in [0.1, 0.15) is 27.2 Å². The molecule has 6 atom stereocenters. The molecular formula is C16H28O7. The van der Waals surface area contributed by atoms with Gasteiger partial charge >= 0.3 is 0 Å². The van der Waals surface area contributed by atoms with Crippen molar-refractivity contribution in [2.24, 2.45) is 0 Å². The average molecular weight is 332 g/mol. The van der Waals surface area contributed by atoms with Crippen LogP contribution in [0.3, 0.4) is 0 Å². The lowest BCUT2D eigenvalue weighted by Crippen LogP contribution is -2.60. The highest BCUT2D eigenvalue weighted by Crippen LogP contribution is 2.26. The Bertz CT molecular complexity index is 417. The molecule has 0 aromatic heterocycles. The Balaban J connectivity index is 2.71. The summed E-state index contributed by atoms with van der Waals surface area (Å²) < 4.78 is 10.9. The molecule has 1 rings (SSSR count). The van der Waals surface area contributed by atoms with Crippen molar-refractivity contribution in [3.8, 4) is 0 Å². The highest BCUT2D eigenvalue weighted by atomic mass is 16.7. The summed E-state index contributed by atoms with van der Waals surface area (Å²) in [5.74, 6) is 0. The SMILES string of the molecule is C=CC(C)(O)CC=CC(C)(C)OC1OC(CO)C(O)C(O)C1O. The molecule has 1 aliphatic heterocycles. The molecule has 0 aliphatic carbocycles. The molecule has 0 bridgehead atoms. The van der Waals surface area contributed by atoms with Crippen molar-refractivity contribution in [3.05, 3.63) is 24.8 Å². The summed E-state index contributed by atoms with van der Waals surface area (Å²) in [5.41, 5.74) is -1.90. The van der Waals surface area contributed by atoms with Gasteiger partial charge in [0.2, 0.25) is 0 Å². The lowest BCUT2D eigenvalue weighted by atomic mass is 9.98. The molecule has 134 valence electrons. The Morgan fingerprint density at radius 2 is 1.74 bits per heavy atom. The maximum absolute atomic E-state index is 9.96. The minimum Gasteiger partial charge on any atom is -0.394 e. The molecule has 7 nitrogen and oxygen atoms in total. The van der Waals surface area contributed by atoms with E-state index in [2.05, 4.69) is 6.58 Å². The van der Waals surface area contributed by atoms with Crippen LogP contribution in [0.15, 0.2) is 24.8 Å². The third kappa shape index (κ3) is 5.65. The van der Waals surface area contributed by atoms with E-state index in [0.29, 0.717) is 6.42 Å². The van der Waals surface area contributed by atoms with Gasteiger partial charge in [-0.1, -0.05) is 18.2 Å². The van der Waals surface area contributed by atoms with Gasteiger partial charge in [0.15, 0.2) is 6.29 Å². The summed E-state index contributed by atoms with van der Waals surface area (Å²) in [7, 11) is 0. The Hall–Kier alpha value is -0.800. The second-order valence-corrected chi connectivity index (χ2v) is 6.59. The summed E-state index contributed by atoms with van der Waals surface area (Å²) >= 11 is 0. The van der Waals surface area contributed by atoms with Gasteiger partial charge in [-0.3, -0.25) is 0 Å². The molecule has 6 unspecified atom stereocenters. The zero-order valence-electron chi connectivity index (χ0n) is 13.8. The second kappa shape index (κ2) is 7.85. The fraction of sp³-hybridized carbons (Fsp3) is 0.750. The van der Waals surface area contributed by atoms with Crippen LogP contribution in [-0.2, 0) is 9.47 Å². The number of ether oxygens (including phenoxy) is 2. The van der Waals surface area contributed by atoms with Crippen molar-refractivity contribution in [2.75, 3.05) is 6.61 Å². The van der Waals surface area contributed by atoms with Crippen LogP contribution in [0.25, 0.3) is 0 Å². The summed E-state index contributed by atoms with van der Waals surface area (Å²) in [6.07, 6.45) is -1.40. The molecule has 23 heavy (non-hydrogen) atoms. The molecule has 0 amide bonds. The van der Waals surface area contributed by atoms with Crippen LogP contribution in [-0.4, -0.2) is 74.0 Å². The second-order valence-electron chi connectivity index (χ2n) is 6.59. The molecule has 0 spiro atoms. The predicted octanol–water partition coefficient (Wildman–Crippen LogP) is -0.535. The van der Waals surface area contributed by atoms with Gasteiger partial charge in [-0.05, 0) is 27.2 Å². The van der Waals surface area contributed by atoms with Crippen LogP contribution < -0.4 is 0 Å². The lowest BCUT2D eigenvalue weighted by Gasteiger charge is -2.42. The number of hydrogen-bond acceptors (Lipinski definition) is 7. The number of rotatable bonds is 7. The predicted molar refractivity (Wildman–Crippen MR) is 83.5 cm³/mol. The van der Waals surface area contributed by atoms with E-state index in [1.54, 1.807) is 32.9 Å². The zero-order chi connectivity index (χ0) is 17.8. The maximum Gasteiger partial charge on any atom is 0.187 e. The normalized spacial score (nSPS) is 35.2. The summed E-state index contributed by atoms with van der Waals surface area (Å²) in [5, 5.41) is 48.4. The van der Waals surface area contributed by atoms with Crippen LogP contribution in [0, 0.1) is 0 Å². The minimum absolute atomic E-state index is 0.331. The topological polar surface area (TPSA) is 120 Å². The first kappa shape index (κ1) is 20.2. The zero-order valence-corrected chi connectivity index (χ0v) is 13.8. The first-order chi connectivity index (χ1) is 10.5. The van der Waals surface area contributed by atoms with Crippen molar-refractivity contribution >= 4 is 0 Å². The molecule has 0 radical (unpaired) electrons. The first-order valence-corrected chi connectivity index (χ1v) is 7.55. The van der Waals surface area contributed by atoms with E-state index >= 15 is 0 Å². The fourth-order valence-corrected chi connectivity index (χ4v) is 2.17. The van der Waals surface area contributed by atoms with Gasteiger partial charge in [0.1, 0.15) is 24.4 Å². The smallest absolute Gasteiger partial charge is 0.187 e. The van der Waals surface area contributed by atoms with Gasteiger partial charge < -0.3 is 35.0 Å². The molecular weight excluding hydrogens is 304 g/mol. The van der Waals surface area contributed by atoms with Gasteiger partial charge in [0, 0.05) is 0 Å². The fourth-order valence-electron chi connectivity index (χ4n) is 2.17. The summed E-state index contributed by atoms with van der Waals surface area (Å²) in [4.78, 5) is 0. The molecule has 1 heterocycles. The summed E-state index contributed by atoms with van der Waals surface area (Å²) in [6, 6.07) is 0. The van der Waals surface area contributed by atoms with E-state index in [0.717, 1.165) is 0 Å². The molecule has 5 N–H and O–H groups in total. The van der Waals surface area contributed by atoms with Crippen molar-refractivity contribution < 1.29 is 35.0 Å². The highest BCUT2D eigenvalue weighted by molar-refractivity contribution is 5.04. The van der Waals surface area contributed by atoms with Gasteiger partial charge in [-0.15, -0.1) is 6.58 Å². The van der Waals surface area contributed by atoms with Crippen molar-refractivity contribution in [3.63, 3.8) is 0 Å². The van der Waals surface area contributed by atoms with E-state index in [9.17, 15) is 20.4 Å². The quantitative estimate of drug-likeness (QED) is 0.397. The molecule has 1 aliphatic rings. The van der Waals surface area contributed by atoms with E-state index < -0.39 is 48.5 Å². The number of hydrogen-bond donors (Lipinski definition) is 5. The van der Waals surface area contributed by atoms with Crippen LogP contribution in [0.4, 0.5) is 0 Å². The van der Waals surface area contributed by atoms with Gasteiger partial charge in [0.25, 0.3) is 0 Å².